The van der Waals surface area contributed by atoms with Crippen LogP contribution in [0.2, 0.25) is 0 Å². The van der Waals surface area contributed by atoms with Gasteiger partial charge in [0.1, 0.15) is 40.4 Å². The molecule has 0 spiro atoms. The van der Waals surface area contributed by atoms with E-state index in [0.717, 1.165) is 50.7 Å². The molecule has 1 saturated carbocycles. The van der Waals surface area contributed by atoms with Crippen LogP contribution >= 0.6 is 0 Å². The Bertz CT molecular complexity index is 1400. The molecule has 0 bridgehead atoms. The third-order valence-corrected chi connectivity index (χ3v) is 7.67. The van der Waals surface area contributed by atoms with E-state index in [4.69, 9.17) is 4.74 Å². The number of hydrogen-bond donors (Lipinski definition) is 0. The summed E-state index contributed by atoms with van der Waals surface area (Å²) in [5.74, 6) is -8.27. The summed E-state index contributed by atoms with van der Waals surface area (Å²) >= 11 is 0. The lowest BCUT2D eigenvalue weighted by Gasteiger charge is -2.29. The van der Waals surface area contributed by atoms with E-state index in [-0.39, 0.29) is 18.2 Å². The summed E-state index contributed by atoms with van der Waals surface area (Å²) in [6.07, 6.45) is -2.10. The Morgan fingerprint density at radius 2 is 1.30 bits per heavy atom. The van der Waals surface area contributed by atoms with Crippen molar-refractivity contribution in [3.05, 3.63) is 77.1 Å². The molecule has 1 aliphatic rings. The molecule has 2 nitrogen and oxygen atoms in total. The number of rotatable bonds is 11. The van der Waals surface area contributed by atoms with E-state index >= 15 is 0 Å². The zero-order chi connectivity index (χ0) is 32.2. The van der Waals surface area contributed by atoms with Crippen LogP contribution in [0.1, 0.15) is 63.9 Å². The molecule has 1 fully saturated rings. The molecule has 0 radical (unpaired) electrons. The topological polar surface area (TPSA) is 18.5 Å². The molecular weight excluding hydrogens is 606 g/mol. The smallest absolute Gasteiger partial charge is 0.422 e. The van der Waals surface area contributed by atoms with Crippen molar-refractivity contribution in [1.29, 1.82) is 0 Å². The highest BCUT2D eigenvalue weighted by atomic mass is 19.4. The van der Waals surface area contributed by atoms with Crippen LogP contribution in [0.4, 0.5) is 43.9 Å². The largest absolute Gasteiger partial charge is 0.431 e. The van der Waals surface area contributed by atoms with Crippen molar-refractivity contribution in [2.24, 2.45) is 5.92 Å². The zero-order valence-electron chi connectivity index (χ0n) is 23.7. The van der Waals surface area contributed by atoms with Gasteiger partial charge in [-0.15, -0.1) is 0 Å². The van der Waals surface area contributed by atoms with E-state index in [1.54, 1.807) is 0 Å². The maximum absolute atomic E-state index is 14.9. The highest BCUT2D eigenvalue weighted by Crippen LogP contribution is 2.38. The molecule has 3 aromatic carbocycles. The highest BCUT2D eigenvalue weighted by Gasteiger charge is 2.38. The summed E-state index contributed by atoms with van der Waals surface area (Å²) in [6.45, 7) is 0.998. The Morgan fingerprint density at radius 1 is 0.705 bits per heavy atom. The Kier molecular flexibility index (Phi) is 10.5. The van der Waals surface area contributed by atoms with Crippen LogP contribution in [0, 0.1) is 35.0 Å². The van der Waals surface area contributed by atoms with Gasteiger partial charge in [-0.2, -0.15) is 22.0 Å². The van der Waals surface area contributed by atoms with Gasteiger partial charge in [0.25, 0.3) is 0 Å². The number of ether oxygens (including phenoxy) is 2. The lowest BCUT2D eigenvalue weighted by Crippen LogP contribution is -2.34. The monoisotopic (exact) mass is 636 g/mol. The highest BCUT2D eigenvalue weighted by molar-refractivity contribution is 5.72. The molecule has 0 atom stereocenters. The fourth-order valence-corrected chi connectivity index (χ4v) is 5.48. The van der Waals surface area contributed by atoms with Crippen LogP contribution in [0.5, 0.6) is 5.75 Å². The van der Waals surface area contributed by atoms with E-state index < -0.39 is 81.5 Å². The van der Waals surface area contributed by atoms with E-state index in [1.807, 2.05) is 0 Å². The fourth-order valence-electron chi connectivity index (χ4n) is 5.48. The molecule has 4 rings (SSSR count). The molecule has 0 unspecified atom stereocenters. The minimum absolute atomic E-state index is 0.279. The predicted octanol–water partition coefficient (Wildman–Crippen LogP) is 10.9. The maximum Gasteiger partial charge on any atom is 0.422 e. The second-order valence-electron chi connectivity index (χ2n) is 11.0. The van der Waals surface area contributed by atoms with Crippen molar-refractivity contribution in [3.8, 4) is 28.0 Å². The van der Waals surface area contributed by atoms with Gasteiger partial charge >= 0.3 is 12.3 Å². The summed E-state index contributed by atoms with van der Waals surface area (Å²) in [6, 6.07) is 3.93. The molecule has 0 N–H and O–H groups in total. The first-order valence-corrected chi connectivity index (χ1v) is 14.2. The van der Waals surface area contributed by atoms with Crippen LogP contribution in [0.25, 0.3) is 22.3 Å². The molecule has 1 aliphatic carbocycles. The van der Waals surface area contributed by atoms with Crippen LogP contribution in [0.15, 0.2) is 42.5 Å². The van der Waals surface area contributed by atoms with Gasteiger partial charge in [-0.3, -0.25) is 0 Å². The fraction of sp³-hybridized carbons (Fsp3) is 0.438. The molecule has 0 heterocycles. The Morgan fingerprint density at radius 3 is 1.84 bits per heavy atom. The Balaban J connectivity index is 1.43. The first-order valence-electron chi connectivity index (χ1n) is 14.2. The minimum Gasteiger partial charge on any atom is -0.431 e. The molecule has 12 heteroatoms. The SMILES string of the molecule is CCCCCC1CCC(OCC(F)(F)Oc2cc(F)c(-c3ccc(-c4cc(F)c(C(F)(F)F)c(F)c4)c(F)c3)c(F)c2)CC1. The summed E-state index contributed by atoms with van der Waals surface area (Å²) in [7, 11) is 0. The summed E-state index contributed by atoms with van der Waals surface area (Å²) in [5.41, 5.74) is -4.53. The summed E-state index contributed by atoms with van der Waals surface area (Å²) < 4.78 is 150. The third kappa shape index (κ3) is 8.25. The predicted molar refractivity (Wildman–Crippen MR) is 144 cm³/mol. The standard InChI is InChI=1S/C32H30F10O2/c1-2-3-4-5-18-6-9-21(10-7-18)43-17-31(38,39)44-22-15-25(34)29(26(35)16-22)19-8-11-23(24(33)12-19)20-13-27(36)30(28(37)14-20)32(40,41)42/h8,11-16,18,21H,2-7,9-10,17H2,1H3. The van der Waals surface area contributed by atoms with Crippen molar-refractivity contribution < 1.29 is 53.4 Å². The van der Waals surface area contributed by atoms with Gasteiger partial charge in [0.05, 0.1) is 11.7 Å². The number of unbranched alkanes of at least 4 members (excludes halogenated alkanes) is 2. The first-order chi connectivity index (χ1) is 20.7. The van der Waals surface area contributed by atoms with Crippen molar-refractivity contribution >= 4 is 0 Å². The normalized spacial score (nSPS) is 17.6. The van der Waals surface area contributed by atoms with Crippen molar-refractivity contribution in [2.45, 2.75) is 76.7 Å². The second-order valence-corrected chi connectivity index (χ2v) is 11.0. The minimum atomic E-state index is -5.33. The van der Waals surface area contributed by atoms with E-state index in [9.17, 15) is 43.9 Å². The molecule has 3 aromatic rings. The van der Waals surface area contributed by atoms with Crippen molar-refractivity contribution in [1.82, 2.24) is 0 Å². The molecule has 240 valence electrons. The van der Waals surface area contributed by atoms with Gasteiger partial charge in [0.2, 0.25) is 0 Å². The van der Waals surface area contributed by atoms with Crippen LogP contribution in [-0.2, 0) is 10.9 Å². The molecule has 0 amide bonds. The average Bonchev–Trinajstić information content (AvgIpc) is 2.91. The lowest BCUT2D eigenvalue weighted by atomic mass is 9.84. The lowest BCUT2D eigenvalue weighted by molar-refractivity contribution is -0.222. The van der Waals surface area contributed by atoms with Crippen LogP contribution in [0.3, 0.4) is 0 Å². The van der Waals surface area contributed by atoms with Gasteiger partial charge in [-0.25, -0.2) is 22.0 Å². The van der Waals surface area contributed by atoms with E-state index in [0.29, 0.717) is 37.0 Å². The molecule has 0 saturated heterocycles. The van der Waals surface area contributed by atoms with Crippen molar-refractivity contribution in [3.63, 3.8) is 0 Å². The van der Waals surface area contributed by atoms with Crippen molar-refractivity contribution in [2.75, 3.05) is 6.61 Å². The van der Waals surface area contributed by atoms with Gasteiger partial charge < -0.3 is 9.47 Å². The number of halogens is 10. The third-order valence-electron chi connectivity index (χ3n) is 7.67. The maximum atomic E-state index is 14.9. The second kappa shape index (κ2) is 13.8. The molecule has 44 heavy (non-hydrogen) atoms. The van der Waals surface area contributed by atoms with Gasteiger partial charge in [0, 0.05) is 17.7 Å². The molecular formula is C32H30F10O2. The van der Waals surface area contributed by atoms with Crippen LogP contribution < -0.4 is 4.74 Å². The number of benzene rings is 3. The Labute approximate surface area is 248 Å². The van der Waals surface area contributed by atoms with Gasteiger partial charge in [-0.05, 0) is 60.9 Å². The molecule has 0 aliphatic heterocycles. The summed E-state index contributed by atoms with van der Waals surface area (Å²) in [4.78, 5) is 0. The van der Waals surface area contributed by atoms with E-state index in [1.165, 1.54) is 0 Å². The Hall–Kier alpha value is -3.28. The van der Waals surface area contributed by atoms with Crippen LogP contribution in [-0.4, -0.2) is 18.8 Å². The zero-order valence-corrected chi connectivity index (χ0v) is 23.7. The average molecular weight is 637 g/mol. The number of alkyl halides is 5. The molecule has 0 aromatic heterocycles. The van der Waals surface area contributed by atoms with Gasteiger partial charge in [-0.1, -0.05) is 44.7 Å². The van der Waals surface area contributed by atoms with E-state index in [2.05, 4.69) is 11.7 Å². The number of hydrogen-bond acceptors (Lipinski definition) is 2. The summed E-state index contributed by atoms with van der Waals surface area (Å²) in [5, 5.41) is 0. The van der Waals surface area contributed by atoms with Gasteiger partial charge in [0.15, 0.2) is 6.61 Å². The first kappa shape index (κ1) is 33.6. The quantitative estimate of drug-likeness (QED) is 0.154.